The normalized spacial score (nSPS) is 11.7. The van der Waals surface area contributed by atoms with Crippen molar-refractivity contribution in [3.05, 3.63) is 84.7 Å². The lowest BCUT2D eigenvalue weighted by molar-refractivity contribution is 0.626. The number of anilines is 1. The zero-order valence-corrected chi connectivity index (χ0v) is 14.7. The van der Waals surface area contributed by atoms with E-state index in [1.165, 1.54) is 6.07 Å². The van der Waals surface area contributed by atoms with Crippen LogP contribution in [0.1, 0.15) is 11.1 Å². The predicted molar refractivity (Wildman–Crippen MR) is 107 cm³/mol. The maximum Gasteiger partial charge on any atom is 0.150 e. The highest BCUT2D eigenvalue weighted by Crippen LogP contribution is 2.28. The first-order valence-electron chi connectivity index (χ1n) is 8.37. The Morgan fingerprint density at radius 2 is 2.04 bits per heavy atom. The Labute approximate surface area is 159 Å². The second-order valence-corrected chi connectivity index (χ2v) is 6.03. The molecule has 28 heavy (non-hydrogen) atoms. The van der Waals surface area contributed by atoms with Gasteiger partial charge in [-0.25, -0.2) is 18.9 Å². The summed E-state index contributed by atoms with van der Waals surface area (Å²) in [6.07, 6.45) is 6.56. The smallest absolute Gasteiger partial charge is 0.150 e. The molecule has 0 saturated carbocycles. The van der Waals surface area contributed by atoms with Gasteiger partial charge in [0.05, 0.1) is 23.0 Å². The third-order valence-electron chi connectivity index (χ3n) is 4.21. The molecule has 4 N–H and O–H groups in total. The number of halogens is 1. The number of nitrogens with zero attached hydrogens (tertiary/aromatic N) is 5. The van der Waals surface area contributed by atoms with E-state index < -0.39 is 5.82 Å². The minimum atomic E-state index is -0.576. The molecule has 0 radical (unpaired) electrons. The fourth-order valence-electron chi connectivity index (χ4n) is 2.82. The summed E-state index contributed by atoms with van der Waals surface area (Å²) in [6, 6.07) is 10.3. The summed E-state index contributed by atoms with van der Waals surface area (Å²) in [6.45, 7) is 3.86. The standard InChI is InChI=1S/C20H16FN7/c1-12(13-5-4-7-24-10-13)26-19(22)14-9-16(21)18(27-20(14)23)15-11-25-28-8-3-2-6-17(15)28/h2-11H,1H2,(H2,22,26)(H2,23,27). The van der Waals surface area contributed by atoms with Gasteiger partial charge in [-0.3, -0.25) is 4.98 Å². The Morgan fingerprint density at radius 3 is 2.82 bits per heavy atom. The summed E-state index contributed by atoms with van der Waals surface area (Å²) < 4.78 is 16.5. The Bertz CT molecular complexity index is 1210. The number of fused-ring (bicyclic) bond motifs is 1. The molecule has 0 spiro atoms. The van der Waals surface area contributed by atoms with E-state index in [1.807, 2.05) is 18.2 Å². The summed E-state index contributed by atoms with van der Waals surface area (Å²) in [4.78, 5) is 12.4. The Morgan fingerprint density at radius 1 is 1.18 bits per heavy atom. The van der Waals surface area contributed by atoms with E-state index in [9.17, 15) is 4.39 Å². The molecule has 4 aromatic rings. The molecule has 7 nitrogen and oxygen atoms in total. The number of nitrogen functional groups attached to an aromatic ring is 1. The van der Waals surface area contributed by atoms with Crippen molar-refractivity contribution in [1.82, 2.24) is 19.6 Å². The zero-order valence-electron chi connectivity index (χ0n) is 14.7. The SMILES string of the molecule is C=C(N=C(N)c1cc(F)c(-c2cnn3ccccc23)nc1N)c1cccnc1. The van der Waals surface area contributed by atoms with Gasteiger partial charge in [-0.1, -0.05) is 12.6 Å². The van der Waals surface area contributed by atoms with Crippen LogP contribution in [0.5, 0.6) is 0 Å². The van der Waals surface area contributed by atoms with E-state index in [1.54, 1.807) is 41.4 Å². The molecule has 4 aromatic heterocycles. The lowest BCUT2D eigenvalue weighted by Crippen LogP contribution is -2.17. The number of aromatic nitrogens is 4. The maximum atomic E-state index is 14.8. The summed E-state index contributed by atoms with van der Waals surface area (Å²) in [7, 11) is 0. The first-order valence-corrected chi connectivity index (χ1v) is 8.37. The third kappa shape index (κ3) is 3.07. The number of hydrogen-bond donors (Lipinski definition) is 2. The van der Waals surface area contributed by atoms with Crippen LogP contribution in [0.25, 0.3) is 22.5 Å². The van der Waals surface area contributed by atoms with E-state index in [2.05, 4.69) is 26.6 Å². The highest BCUT2D eigenvalue weighted by Gasteiger charge is 2.17. The first kappa shape index (κ1) is 17.3. The molecule has 0 aliphatic rings. The molecule has 4 rings (SSSR count). The Hall–Kier alpha value is -4.07. The van der Waals surface area contributed by atoms with Gasteiger partial charge in [0.2, 0.25) is 0 Å². The molecule has 0 aliphatic heterocycles. The highest BCUT2D eigenvalue weighted by atomic mass is 19.1. The number of aliphatic imine (C=N–C) groups is 1. The van der Waals surface area contributed by atoms with E-state index in [-0.39, 0.29) is 22.9 Å². The van der Waals surface area contributed by atoms with E-state index in [0.717, 1.165) is 0 Å². The van der Waals surface area contributed by atoms with Crippen LogP contribution < -0.4 is 11.5 Å². The van der Waals surface area contributed by atoms with Crippen molar-refractivity contribution in [2.75, 3.05) is 5.73 Å². The monoisotopic (exact) mass is 373 g/mol. The molecule has 0 aliphatic carbocycles. The van der Waals surface area contributed by atoms with Gasteiger partial charge in [-0.15, -0.1) is 0 Å². The fourth-order valence-corrected chi connectivity index (χ4v) is 2.82. The molecule has 0 fully saturated rings. The molecule has 138 valence electrons. The summed E-state index contributed by atoms with van der Waals surface area (Å²) in [5.74, 6) is -0.496. The second-order valence-electron chi connectivity index (χ2n) is 6.03. The van der Waals surface area contributed by atoms with Gasteiger partial charge in [-0.2, -0.15) is 5.10 Å². The van der Waals surface area contributed by atoms with Crippen LogP contribution in [-0.2, 0) is 0 Å². The molecule has 0 saturated heterocycles. The fraction of sp³-hybridized carbons (Fsp3) is 0. The number of amidine groups is 1. The predicted octanol–water partition coefficient (Wildman–Crippen LogP) is 2.89. The molecular formula is C20H16FN7. The van der Waals surface area contributed by atoms with E-state index in [0.29, 0.717) is 22.3 Å². The van der Waals surface area contributed by atoms with Crippen LogP contribution in [0.4, 0.5) is 10.2 Å². The van der Waals surface area contributed by atoms with Crippen molar-refractivity contribution >= 4 is 22.9 Å². The zero-order chi connectivity index (χ0) is 19.7. The third-order valence-corrected chi connectivity index (χ3v) is 4.21. The van der Waals surface area contributed by atoms with Gasteiger partial charge >= 0.3 is 0 Å². The van der Waals surface area contributed by atoms with E-state index >= 15 is 0 Å². The summed E-state index contributed by atoms with van der Waals surface area (Å²) in [5, 5.41) is 4.20. The topological polar surface area (TPSA) is 107 Å². The molecule has 0 aromatic carbocycles. The van der Waals surface area contributed by atoms with Crippen LogP contribution >= 0.6 is 0 Å². The lowest BCUT2D eigenvalue weighted by atomic mass is 10.1. The number of hydrogen-bond acceptors (Lipinski definition) is 5. The van der Waals surface area contributed by atoms with Gasteiger partial charge in [0.1, 0.15) is 17.3 Å². The van der Waals surface area contributed by atoms with Crippen LogP contribution in [0, 0.1) is 5.82 Å². The average Bonchev–Trinajstić information content (AvgIpc) is 3.14. The van der Waals surface area contributed by atoms with Crippen LogP contribution in [0.3, 0.4) is 0 Å². The molecular weight excluding hydrogens is 357 g/mol. The number of pyridine rings is 3. The van der Waals surface area contributed by atoms with Gasteiger partial charge in [-0.05, 0) is 30.3 Å². The average molecular weight is 373 g/mol. The van der Waals surface area contributed by atoms with Crippen LogP contribution in [0.2, 0.25) is 0 Å². The van der Waals surface area contributed by atoms with Crippen molar-refractivity contribution in [2.45, 2.75) is 0 Å². The minimum absolute atomic E-state index is 0.0177. The number of rotatable bonds is 4. The molecule has 0 bridgehead atoms. The van der Waals surface area contributed by atoms with E-state index in [4.69, 9.17) is 11.5 Å². The Balaban J connectivity index is 1.73. The maximum absolute atomic E-state index is 14.8. The van der Waals surface area contributed by atoms with Gasteiger partial charge in [0.25, 0.3) is 0 Å². The molecule has 0 amide bonds. The first-order chi connectivity index (χ1) is 13.5. The van der Waals surface area contributed by atoms with Crippen molar-refractivity contribution in [1.29, 1.82) is 0 Å². The second kappa shape index (κ2) is 6.92. The van der Waals surface area contributed by atoms with Gasteiger partial charge in [0.15, 0.2) is 5.82 Å². The van der Waals surface area contributed by atoms with Crippen molar-refractivity contribution in [2.24, 2.45) is 10.7 Å². The lowest BCUT2D eigenvalue weighted by Gasteiger charge is -2.09. The minimum Gasteiger partial charge on any atom is -0.383 e. The van der Waals surface area contributed by atoms with Crippen molar-refractivity contribution in [3.63, 3.8) is 0 Å². The molecule has 0 unspecified atom stereocenters. The molecule has 4 heterocycles. The summed E-state index contributed by atoms with van der Waals surface area (Å²) in [5.41, 5.74) is 14.7. The highest BCUT2D eigenvalue weighted by molar-refractivity contribution is 6.04. The van der Waals surface area contributed by atoms with Crippen molar-refractivity contribution < 1.29 is 4.39 Å². The van der Waals surface area contributed by atoms with Crippen molar-refractivity contribution in [3.8, 4) is 11.3 Å². The quantitative estimate of drug-likeness (QED) is 0.422. The largest absolute Gasteiger partial charge is 0.383 e. The van der Waals surface area contributed by atoms with Gasteiger partial charge in [0, 0.05) is 29.7 Å². The number of nitrogens with two attached hydrogens (primary N) is 2. The van der Waals surface area contributed by atoms with Crippen LogP contribution in [0.15, 0.2) is 72.8 Å². The molecule has 0 atom stereocenters. The molecule has 8 heteroatoms. The van der Waals surface area contributed by atoms with Crippen LogP contribution in [-0.4, -0.2) is 25.4 Å². The van der Waals surface area contributed by atoms with Gasteiger partial charge < -0.3 is 11.5 Å². The Kier molecular flexibility index (Phi) is 4.29. The summed E-state index contributed by atoms with van der Waals surface area (Å²) >= 11 is 0.